The largest absolute Gasteiger partial charge is 0.352 e. The van der Waals surface area contributed by atoms with Gasteiger partial charge in [0.05, 0.1) is 11.2 Å². The SMILES string of the molecule is O=C([C@H]1C[C@H](c2c(-c3ccc(F)cc3)[nH]c3c(F)cc(F)cc32)C1)N1CCCC1. The van der Waals surface area contributed by atoms with Crippen LogP contribution in [-0.2, 0) is 4.79 Å². The quantitative estimate of drug-likeness (QED) is 0.633. The monoisotopic (exact) mass is 398 g/mol. The highest BCUT2D eigenvalue weighted by Gasteiger charge is 2.40. The van der Waals surface area contributed by atoms with Gasteiger partial charge in [-0.15, -0.1) is 0 Å². The van der Waals surface area contributed by atoms with Crippen molar-refractivity contribution in [3.05, 3.63) is 59.4 Å². The highest BCUT2D eigenvalue weighted by atomic mass is 19.1. The van der Waals surface area contributed by atoms with E-state index in [1.165, 1.54) is 18.2 Å². The van der Waals surface area contributed by atoms with Gasteiger partial charge in [-0.25, -0.2) is 13.2 Å². The smallest absolute Gasteiger partial charge is 0.225 e. The number of H-pyrrole nitrogens is 1. The number of carbonyl (C=O) groups is 1. The zero-order chi connectivity index (χ0) is 20.1. The third kappa shape index (κ3) is 3.11. The molecule has 2 aromatic carbocycles. The van der Waals surface area contributed by atoms with E-state index >= 15 is 0 Å². The minimum atomic E-state index is -0.654. The van der Waals surface area contributed by atoms with E-state index in [1.807, 2.05) is 4.90 Å². The molecule has 150 valence electrons. The Morgan fingerprint density at radius 2 is 1.66 bits per heavy atom. The van der Waals surface area contributed by atoms with E-state index in [0.29, 0.717) is 29.5 Å². The summed E-state index contributed by atoms with van der Waals surface area (Å²) in [7, 11) is 0. The summed E-state index contributed by atoms with van der Waals surface area (Å²) < 4.78 is 41.8. The number of halogens is 3. The maximum absolute atomic E-state index is 14.4. The zero-order valence-electron chi connectivity index (χ0n) is 15.9. The third-order valence-corrected chi connectivity index (χ3v) is 6.31. The van der Waals surface area contributed by atoms with Crippen molar-refractivity contribution in [1.82, 2.24) is 9.88 Å². The van der Waals surface area contributed by atoms with E-state index in [-0.39, 0.29) is 29.1 Å². The molecule has 29 heavy (non-hydrogen) atoms. The summed E-state index contributed by atoms with van der Waals surface area (Å²) in [6, 6.07) is 8.15. The molecule has 0 unspecified atom stereocenters. The summed E-state index contributed by atoms with van der Waals surface area (Å²) in [5.41, 5.74) is 2.44. The van der Waals surface area contributed by atoms with Gasteiger partial charge in [-0.1, -0.05) is 0 Å². The van der Waals surface area contributed by atoms with Gasteiger partial charge >= 0.3 is 0 Å². The van der Waals surface area contributed by atoms with E-state index in [1.54, 1.807) is 12.1 Å². The highest BCUT2D eigenvalue weighted by molar-refractivity contribution is 5.92. The molecule has 2 aliphatic rings. The molecule has 1 amide bonds. The number of nitrogens with one attached hydrogen (secondary N) is 1. The van der Waals surface area contributed by atoms with E-state index in [0.717, 1.165) is 37.6 Å². The lowest BCUT2D eigenvalue weighted by Gasteiger charge is -2.37. The second kappa shape index (κ2) is 6.94. The lowest BCUT2D eigenvalue weighted by molar-refractivity contribution is -0.137. The van der Waals surface area contributed by atoms with Crippen LogP contribution in [0.25, 0.3) is 22.2 Å². The average Bonchev–Trinajstić information content (AvgIpc) is 3.30. The van der Waals surface area contributed by atoms with Gasteiger partial charge in [0, 0.05) is 30.5 Å². The number of hydrogen-bond donors (Lipinski definition) is 1. The minimum absolute atomic E-state index is 0.0292. The lowest BCUT2D eigenvalue weighted by Crippen LogP contribution is -2.39. The first kappa shape index (κ1) is 18.3. The Balaban J connectivity index is 1.53. The van der Waals surface area contributed by atoms with Crippen LogP contribution < -0.4 is 0 Å². The second-order valence-electron chi connectivity index (χ2n) is 8.13. The van der Waals surface area contributed by atoms with Crippen molar-refractivity contribution >= 4 is 16.8 Å². The van der Waals surface area contributed by atoms with Gasteiger partial charge < -0.3 is 9.88 Å². The zero-order valence-corrected chi connectivity index (χ0v) is 15.9. The summed E-state index contributed by atoms with van der Waals surface area (Å²) >= 11 is 0. The van der Waals surface area contributed by atoms with Crippen molar-refractivity contribution in [2.45, 2.75) is 31.6 Å². The van der Waals surface area contributed by atoms with Crippen molar-refractivity contribution in [2.75, 3.05) is 13.1 Å². The Hall–Kier alpha value is -2.76. The normalized spacial score (nSPS) is 21.6. The molecule has 1 N–H and O–H groups in total. The fraction of sp³-hybridized carbons (Fsp3) is 0.348. The van der Waals surface area contributed by atoms with Crippen molar-refractivity contribution in [3.63, 3.8) is 0 Å². The first-order valence-electron chi connectivity index (χ1n) is 10.1. The molecule has 2 heterocycles. The number of amides is 1. The molecule has 0 atom stereocenters. The van der Waals surface area contributed by atoms with Gasteiger partial charge in [0.15, 0.2) is 0 Å². The van der Waals surface area contributed by atoms with Crippen LogP contribution in [0.4, 0.5) is 13.2 Å². The van der Waals surface area contributed by atoms with E-state index in [4.69, 9.17) is 0 Å². The molecule has 5 rings (SSSR count). The fourth-order valence-electron chi connectivity index (χ4n) is 4.76. The number of nitrogens with zero attached hydrogens (tertiary/aromatic N) is 1. The van der Waals surface area contributed by atoms with Gasteiger partial charge in [-0.2, -0.15) is 0 Å². The second-order valence-corrected chi connectivity index (χ2v) is 8.13. The van der Waals surface area contributed by atoms with Gasteiger partial charge in [-0.3, -0.25) is 4.79 Å². The number of rotatable bonds is 3. The van der Waals surface area contributed by atoms with E-state index in [2.05, 4.69) is 4.98 Å². The topological polar surface area (TPSA) is 36.1 Å². The summed E-state index contributed by atoms with van der Waals surface area (Å²) in [5.74, 6) is -1.46. The minimum Gasteiger partial charge on any atom is -0.352 e. The van der Waals surface area contributed by atoms with Crippen molar-refractivity contribution in [1.29, 1.82) is 0 Å². The molecule has 1 saturated carbocycles. The molecule has 3 nitrogen and oxygen atoms in total. The number of carbonyl (C=O) groups excluding carboxylic acids is 1. The molecule has 2 fully saturated rings. The number of fused-ring (bicyclic) bond motifs is 1. The summed E-state index contributed by atoms with van der Waals surface area (Å²) in [4.78, 5) is 17.7. The number of hydrogen-bond acceptors (Lipinski definition) is 1. The van der Waals surface area contributed by atoms with Crippen LogP contribution in [0.1, 0.15) is 37.2 Å². The predicted molar refractivity (Wildman–Crippen MR) is 105 cm³/mol. The van der Waals surface area contributed by atoms with Crippen LogP contribution >= 0.6 is 0 Å². The molecule has 3 aromatic rings. The van der Waals surface area contributed by atoms with Gasteiger partial charge in [0.1, 0.15) is 17.5 Å². The predicted octanol–water partition coefficient (Wildman–Crippen LogP) is 5.37. The molecule has 1 saturated heterocycles. The number of aromatic amines is 1. The maximum atomic E-state index is 14.4. The molecule has 6 heteroatoms. The Kier molecular flexibility index (Phi) is 4.37. The average molecular weight is 398 g/mol. The van der Waals surface area contributed by atoms with E-state index in [9.17, 15) is 18.0 Å². The maximum Gasteiger partial charge on any atom is 0.225 e. The number of likely N-dealkylation sites (tertiary alicyclic amines) is 1. The summed E-state index contributed by atoms with van der Waals surface area (Å²) in [6.45, 7) is 1.65. The third-order valence-electron chi connectivity index (χ3n) is 6.31. The molecular weight excluding hydrogens is 377 g/mol. The molecular formula is C23H21F3N2O. The Morgan fingerprint density at radius 1 is 0.966 bits per heavy atom. The first-order chi connectivity index (χ1) is 14.0. The molecule has 1 aromatic heterocycles. The van der Waals surface area contributed by atoms with Crippen LogP contribution in [0.15, 0.2) is 36.4 Å². The number of benzene rings is 2. The number of aromatic nitrogens is 1. The Morgan fingerprint density at radius 3 is 2.34 bits per heavy atom. The van der Waals surface area contributed by atoms with Gasteiger partial charge in [0.25, 0.3) is 0 Å². The molecule has 0 bridgehead atoms. The molecule has 0 radical (unpaired) electrons. The Bertz CT molecular complexity index is 1080. The van der Waals surface area contributed by atoms with Crippen LogP contribution in [0.5, 0.6) is 0 Å². The van der Waals surface area contributed by atoms with Crippen LogP contribution in [0, 0.1) is 23.4 Å². The first-order valence-corrected chi connectivity index (χ1v) is 10.1. The highest BCUT2D eigenvalue weighted by Crippen LogP contribution is 2.49. The van der Waals surface area contributed by atoms with Gasteiger partial charge in [-0.05, 0) is 73.1 Å². The summed E-state index contributed by atoms with van der Waals surface area (Å²) in [5, 5.41) is 0.499. The van der Waals surface area contributed by atoms with Crippen molar-refractivity contribution in [2.24, 2.45) is 5.92 Å². The lowest BCUT2D eigenvalue weighted by atomic mass is 9.69. The van der Waals surface area contributed by atoms with Crippen molar-refractivity contribution < 1.29 is 18.0 Å². The van der Waals surface area contributed by atoms with Gasteiger partial charge in [0.2, 0.25) is 5.91 Å². The molecule has 0 spiro atoms. The standard InChI is InChI=1S/C23H21F3N2O/c24-16-5-3-13(4-6-16)21-20(18-11-17(25)12-19(26)22(18)27-21)14-9-15(10-14)23(29)28-7-1-2-8-28/h3-6,11-12,14-15,27H,1-2,7-10H2/t14-,15-. The van der Waals surface area contributed by atoms with Crippen LogP contribution in [-0.4, -0.2) is 28.9 Å². The Labute approximate surface area is 166 Å². The summed E-state index contributed by atoms with van der Waals surface area (Å²) in [6.07, 6.45) is 3.43. The molecule has 1 aliphatic heterocycles. The van der Waals surface area contributed by atoms with E-state index < -0.39 is 11.6 Å². The van der Waals surface area contributed by atoms with Crippen LogP contribution in [0.3, 0.4) is 0 Å². The fourth-order valence-corrected chi connectivity index (χ4v) is 4.76. The molecule has 1 aliphatic carbocycles. The van der Waals surface area contributed by atoms with Crippen LogP contribution in [0.2, 0.25) is 0 Å². The van der Waals surface area contributed by atoms with Crippen molar-refractivity contribution in [3.8, 4) is 11.3 Å².